The number of furan rings is 1. The van der Waals surface area contributed by atoms with Gasteiger partial charge in [0.05, 0.1) is 24.8 Å². The molecule has 0 atom stereocenters. The van der Waals surface area contributed by atoms with Crippen LogP contribution < -0.4 is 5.32 Å². The molecule has 0 aliphatic carbocycles. The minimum absolute atomic E-state index is 0.140. The first kappa shape index (κ1) is 23.0. The molecule has 31 heavy (non-hydrogen) atoms. The number of nitrogens with zero attached hydrogens (tertiary/aromatic N) is 1. The monoisotopic (exact) mass is 448 g/mol. The number of hydrogen-bond acceptors (Lipinski definition) is 8. The molecule has 0 aromatic carbocycles. The third kappa shape index (κ3) is 5.54. The molecule has 1 saturated heterocycles. The molecule has 2 aromatic heterocycles. The van der Waals surface area contributed by atoms with E-state index < -0.39 is 17.8 Å². The smallest absolute Gasteiger partial charge is 0.348 e. The van der Waals surface area contributed by atoms with E-state index in [1.165, 1.54) is 12.8 Å². The highest BCUT2D eigenvalue weighted by atomic mass is 32.1. The van der Waals surface area contributed by atoms with Gasteiger partial charge in [0.15, 0.2) is 5.76 Å². The Balaban J connectivity index is 1.82. The number of amides is 1. The highest BCUT2D eigenvalue weighted by Crippen LogP contribution is 2.35. The van der Waals surface area contributed by atoms with Crippen molar-refractivity contribution in [2.75, 3.05) is 25.0 Å². The van der Waals surface area contributed by atoms with Crippen LogP contribution in [0.3, 0.4) is 0 Å². The molecule has 168 valence electrons. The predicted molar refractivity (Wildman–Crippen MR) is 117 cm³/mol. The SMILES string of the molecule is CCOC(=O)c1sc(NC(=O)c2ccc(CN3CCCC3)o2)c(C(=O)OC(C)C)c1C. The molecule has 0 unspecified atom stereocenters. The fourth-order valence-corrected chi connectivity index (χ4v) is 4.51. The normalized spacial score (nSPS) is 14.1. The zero-order valence-electron chi connectivity index (χ0n) is 18.3. The van der Waals surface area contributed by atoms with Crippen LogP contribution in [0.25, 0.3) is 0 Å². The Morgan fingerprint density at radius 3 is 2.55 bits per heavy atom. The summed E-state index contributed by atoms with van der Waals surface area (Å²) in [5, 5.41) is 2.94. The third-order valence-electron chi connectivity index (χ3n) is 4.85. The minimum atomic E-state index is -0.608. The summed E-state index contributed by atoms with van der Waals surface area (Å²) in [7, 11) is 0. The number of nitrogens with one attached hydrogen (secondary N) is 1. The highest BCUT2D eigenvalue weighted by molar-refractivity contribution is 7.18. The number of carbonyl (C=O) groups excluding carboxylic acids is 3. The summed E-state index contributed by atoms with van der Waals surface area (Å²) in [6, 6.07) is 3.39. The van der Waals surface area contributed by atoms with Gasteiger partial charge in [-0.15, -0.1) is 11.3 Å². The first-order chi connectivity index (χ1) is 14.8. The van der Waals surface area contributed by atoms with Crippen molar-refractivity contribution in [2.45, 2.75) is 53.2 Å². The Labute approximate surface area is 185 Å². The van der Waals surface area contributed by atoms with Gasteiger partial charge in [-0.25, -0.2) is 9.59 Å². The van der Waals surface area contributed by atoms with Crippen LogP contribution in [0.4, 0.5) is 5.00 Å². The van der Waals surface area contributed by atoms with Crippen molar-refractivity contribution in [3.05, 3.63) is 39.7 Å². The van der Waals surface area contributed by atoms with Gasteiger partial charge in [-0.2, -0.15) is 0 Å². The molecule has 2 aromatic rings. The summed E-state index contributed by atoms with van der Waals surface area (Å²) in [5.74, 6) is -0.802. The maximum Gasteiger partial charge on any atom is 0.348 e. The zero-order valence-corrected chi connectivity index (χ0v) is 19.1. The summed E-state index contributed by atoms with van der Waals surface area (Å²) >= 11 is 0.988. The lowest BCUT2D eigenvalue weighted by molar-refractivity contribution is 0.0379. The van der Waals surface area contributed by atoms with Gasteiger partial charge in [-0.1, -0.05) is 0 Å². The zero-order chi connectivity index (χ0) is 22.5. The second kappa shape index (κ2) is 10.1. The van der Waals surface area contributed by atoms with Gasteiger partial charge in [-0.05, 0) is 71.3 Å². The van der Waals surface area contributed by atoms with Crippen LogP contribution in [0.1, 0.15) is 75.5 Å². The quantitative estimate of drug-likeness (QED) is 0.603. The number of likely N-dealkylation sites (tertiary alicyclic amines) is 1. The van der Waals surface area contributed by atoms with E-state index in [1.807, 2.05) is 0 Å². The summed E-state index contributed by atoms with van der Waals surface area (Å²) in [6.07, 6.45) is 1.99. The molecule has 9 heteroatoms. The summed E-state index contributed by atoms with van der Waals surface area (Å²) < 4.78 is 16.1. The molecule has 0 spiro atoms. The van der Waals surface area contributed by atoms with Crippen molar-refractivity contribution >= 4 is 34.2 Å². The van der Waals surface area contributed by atoms with Crippen molar-refractivity contribution in [1.82, 2.24) is 4.90 Å². The predicted octanol–water partition coefficient (Wildman–Crippen LogP) is 4.24. The number of thiophene rings is 1. The maximum atomic E-state index is 12.8. The molecule has 1 N–H and O–H groups in total. The molecular weight excluding hydrogens is 420 g/mol. The molecule has 1 fully saturated rings. The van der Waals surface area contributed by atoms with Crippen LogP contribution in [0.15, 0.2) is 16.5 Å². The fourth-order valence-electron chi connectivity index (χ4n) is 3.42. The summed E-state index contributed by atoms with van der Waals surface area (Å²) in [5.41, 5.74) is 0.567. The molecule has 1 aliphatic heterocycles. The van der Waals surface area contributed by atoms with E-state index in [-0.39, 0.29) is 33.9 Å². The highest BCUT2D eigenvalue weighted by Gasteiger charge is 2.28. The molecular formula is C22H28N2O6S. The van der Waals surface area contributed by atoms with Crippen molar-refractivity contribution in [3.63, 3.8) is 0 Å². The van der Waals surface area contributed by atoms with Crippen molar-refractivity contribution in [3.8, 4) is 0 Å². The van der Waals surface area contributed by atoms with Gasteiger partial charge in [0.25, 0.3) is 5.91 Å². The number of esters is 2. The molecule has 3 rings (SSSR count). The van der Waals surface area contributed by atoms with E-state index in [0.29, 0.717) is 17.9 Å². The number of ether oxygens (including phenoxy) is 2. The van der Waals surface area contributed by atoms with Crippen LogP contribution in [-0.4, -0.2) is 48.5 Å². The average Bonchev–Trinajstić information content (AvgIpc) is 3.43. The fraction of sp³-hybridized carbons (Fsp3) is 0.500. The molecule has 0 saturated carbocycles. The molecule has 1 aliphatic rings. The van der Waals surface area contributed by atoms with Crippen molar-refractivity contribution < 1.29 is 28.3 Å². The van der Waals surface area contributed by atoms with Crippen LogP contribution in [0.5, 0.6) is 0 Å². The van der Waals surface area contributed by atoms with Crippen LogP contribution in [0.2, 0.25) is 0 Å². The van der Waals surface area contributed by atoms with Crippen molar-refractivity contribution in [1.29, 1.82) is 0 Å². The Hall–Kier alpha value is -2.65. The Bertz CT molecular complexity index is 955. The number of rotatable bonds is 8. The van der Waals surface area contributed by atoms with E-state index in [1.54, 1.807) is 39.8 Å². The standard InChI is InChI=1S/C22H28N2O6S/c1-5-28-22(27)18-14(4)17(21(26)29-13(2)3)20(31-18)23-19(25)16-9-8-15(30-16)12-24-10-6-7-11-24/h8-9,13H,5-7,10-12H2,1-4H3,(H,23,25). The second-order valence-electron chi connectivity index (χ2n) is 7.64. The summed E-state index contributed by atoms with van der Waals surface area (Å²) in [6.45, 7) is 9.71. The lowest BCUT2D eigenvalue weighted by atomic mass is 10.1. The van der Waals surface area contributed by atoms with E-state index in [9.17, 15) is 14.4 Å². The lowest BCUT2D eigenvalue weighted by Gasteiger charge is -2.11. The minimum Gasteiger partial charge on any atom is -0.462 e. The van der Waals surface area contributed by atoms with Crippen LogP contribution in [-0.2, 0) is 16.0 Å². The molecule has 1 amide bonds. The number of carbonyl (C=O) groups is 3. The second-order valence-corrected chi connectivity index (χ2v) is 8.66. The van der Waals surface area contributed by atoms with E-state index in [2.05, 4.69) is 10.2 Å². The van der Waals surface area contributed by atoms with Crippen LogP contribution >= 0.6 is 11.3 Å². The van der Waals surface area contributed by atoms with E-state index in [0.717, 1.165) is 24.4 Å². The average molecular weight is 449 g/mol. The maximum absolute atomic E-state index is 12.8. The van der Waals surface area contributed by atoms with Gasteiger partial charge in [0.2, 0.25) is 0 Å². The summed E-state index contributed by atoms with van der Waals surface area (Å²) in [4.78, 5) is 40.3. The lowest BCUT2D eigenvalue weighted by Crippen LogP contribution is -2.18. The van der Waals surface area contributed by atoms with Gasteiger partial charge < -0.3 is 19.2 Å². The van der Waals surface area contributed by atoms with Gasteiger partial charge in [0, 0.05) is 0 Å². The Kier molecular flexibility index (Phi) is 7.50. The van der Waals surface area contributed by atoms with Crippen LogP contribution in [0, 0.1) is 6.92 Å². The topological polar surface area (TPSA) is 98.1 Å². The third-order valence-corrected chi connectivity index (χ3v) is 6.03. The Morgan fingerprint density at radius 1 is 1.19 bits per heavy atom. The van der Waals surface area contributed by atoms with Gasteiger partial charge >= 0.3 is 11.9 Å². The molecule has 0 radical (unpaired) electrons. The van der Waals surface area contributed by atoms with Gasteiger partial charge in [-0.3, -0.25) is 9.69 Å². The van der Waals surface area contributed by atoms with E-state index >= 15 is 0 Å². The van der Waals surface area contributed by atoms with Gasteiger partial charge in [0.1, 0.15) is 15.6 Å². The number of anilines is 1. The Morgan fingerprint density at radius 2 is 1.90 bits per heavy atom. The number of hydrogen-bond donors (Lipinski definition) is 1. The van der Waals surface area contributed by atoms with E-state index in [4.69, 9.17) is 13.9 Å². The van der Waals surface area contributed by atoms with Crippen molar-refractivity contribution in [2.24, 2.45) is 0 Å². The molecule has 0 bridgehead atoms. The molecule has 3 heterocycles. The first-order valence-corrected chi connectivity index (χ1v) is 11.3. The molecule has 8 nitrogen and oxygen atoms in total. The largest absolute Gasteiger partial charge is 0.462 e. The first-order valence-electron chi connectivity index (χ1n) is 10.4.